The van der Waals surface area contributed by atoms with Gasteiger partial charge in [0.25, 0.3) is 0 Å². The zero-order chi connectivity index (χ0) is 13.5. The molecule has 0 radical (unpaired) electrons. The minimum absolute atomic E-state index is 0.886. The van der Waals surface area contributed by atoms with Crippen LogP contribution in [-0.4, -0.2) is 23.1 Å². The van der Waals surface area contributed by atoms with E-state index in [1.807, 2.05) is 6.07 Å². The lowest BCUT2D eigenvalue weighted by molar-refractivity contribution is 0.282. The van der Waals surface area contributed by atoms with Gasteiger partial charge in [-0.3, -0.25) is 0 Å². The summed E-state index contributed by atoms with van der Waals surface area (Å²) in [6.07, 6.45) is 8.48. The zero-order valence-electron chi connectivity index (χ0n) is 12.2. The van der Waals surface area contributed by atoms with Gasteiger partial charge >= 0.3 is 0 Å². The third-order valence-corrected chi connectivity index (χ3v) is 4.02. The van der Waals surface area contributed by atoms with Crippen molar-refractivity contribution in [3.8, 4) is 0 Å². The molecule has 2 N–H and O–H groups in total. The van der Waals surface area contributed by atoms with Crippen molar-refractivity contribution in [2.45, 2.75) is 46.0 Å². The van der Waals surface area contributed by atoms with Crippen LogP contribution in [0.4, 0.5) is 11.6 Å². The fourth-order valence-electron chi connectivity index (χ4n) is 2.75. The molecular weight excluding hydrogens is 236 g/mol. The van der Waals surface area contributed by atoms with Gasteiger partial charge in [0.2, 0.25) is 0 Å². The molecule has 4 heteroatoms. The van der Waals surface area contributed by atoms with Gasteiger partial charge < -0.3 is 10.6 Å². The normalized spacial score (nSPS) is 23.1. The van der Waals surface area contributed by atoms with E-state index in [0.717, 1.165) is 36.6 Å². The van der Waals surface area contributed by atoms with Gasteiger partial charge in [-0.15, -0.1) is 0 Å². The van der Waals surface area contributed by atoms with E-state index in [4.69, 9.17) is 0 Å². The SMILES string of the molecule is CCNc1cc(NCCC2CCC(C)CC2)ncn1. The Morgan fingerprint density at radius 3 is 2.47 bits per heavy atom. The Morgan fingerprint density at radius 2 is 1.79 bits per heavy atom. The van der Waals surface area contributed by atoms with Crippen LogP contribution in [0.1, 0.15) is 46.0 Å². The van der Waals surface area contributed by atoms with Crippen molar-refractivity contribution >= 4 is 11.6 Å². The van der Waals surface area contributed by atoms with Gasteiger partial charge in [0.05, 0.1) is 0 Å². The van der Waals surface area contributed by atoms with Gasteiger partial charge in [0.1, 0.15) is 18.0 Å². The summed E-state index contributed by atoms with van der Waals surface area (Å²) >= 11 is 0. The molecule has 0 bridgehead atoms. The third-order valence-electron chi connectivity index (χ3n) is 4.02. The van der Waals surface area contributed by atoms with Gasteiger partial charge in [0.15, 0.2) is 0 Å². The first kappa shape index (κ1) is 14.1. The summed E-state index contributed by atoms with van der Waals surface area (Å²) in [4.78, 5) is 8.43. The molecule has 19 heavy (non-hydrogen) atoms. The van der Waals surface area contributed by atoms with E-state index >= 15 is 0 Å². The molecule has 1 aromatic rings. The second-order valence-corrected chi connectivity index (χ2v) is 5.66. The van der Waals surface area contributed by atoms with Gasteiger partial charge in [-0.05, 0) is 25.2 Å². The molecule has 0 amide bonds. The molecule has 1 aromatic heterocycles. The minimum Gasteiger partial charge on any atom is -0.370 e. The number of aromatic nitrogens is 2. The fourth-order valence-corrected chi connectivity index (χ4v) is 2.75. The molecule has 0 aromatic carbocycles. The summed E-state index contributed by atoms with van der Waals surface area (Å²) in [6, 6.07) is 1.98. The lowest BCUT2D eigenvalue weighted by atomic mass is 9.81. The first-order valence-electron chi connectivity index (χ1n) is 7.57. The molecule has 1 aliphatic carbocycles. The van der Waals surface area contributed by atoms with E-state index < -0.39 is 0 Å². The van der Waals surface area contributed by atoms with E-state index in [-0.39, 0.29) is 0 Å². The molecule has 0 unspecified atom stereocenters. The van der Waals surface area contributed by atoms with Crippen LogP contribution < -0.4 is 10.6 Å². The molecule has 0 aliphatic heterocycles. The van der Waals surface area contributed by atoms with Crippen LogP contribution in [0.15, 0.2) is 12.4 Å². The maximum absolute atomic E-state index is 4.25. The Labute approximate surface area is 116 Å². The zero-order valence-corrected chi connectivity index (χ0v) is 12.2. The Balaban J connectivity index is 1.71. The van der Waals surface area contributed by atoms with Crippen molar-refractivity contribution in [2.24, 2.45) is 11.8 Å². The second-order valence-electron chi connectivity index (χ2n) is 5.66. The molecule has 1 fully saturated rings. The van der Waals surface area contributed by atoms with Crippen molar-refractivity contribution in [1.29, 1.82) is 0 Å². The van der Waals surface area contributed by atoms with Crippen LogP contribution in [0, 0.1) is 11.8 Å². The van der Waals surface area contributed by atoms with Crippen molar-refractivity contribution in [2.75, 3.05) is 23.7 Å². The van der Waals surface area contributed by atoms with Crippen LogP contribution in [0.25, 0.3) is 0 Å². The van der Waals surface area contributed by atoms with Crippen LogP contribution in [-0.2, 0) is 0 Å². The minimum atomic E-state index is 0.886. The Morgan fingerprint density at radius 1 is 1.11 bits per heavy atom. The van der Waals surface area contributed by atoms with E-state index in [1.165, 1.54) is 32.1 Å². The number of anilines is 2. The highest BCUT2D eigenvalue weighted by Crippen LogP contribution is 2.30. The van der Waals surface area contributed by atoms with Crippen LogP contribution in [0.5, 0.6) is 0 Å². The Hall–Kier alpha value is -1.32. The highest BCUT2D eigenvalue weighted by atomic mass is 15.1. The highest BCUT2D eigenvalue weighted by Gasteiger charge is 2.17. The highest BCUT2D eigenvalue weighted by molar-refractivity contribution is 5.46. The topological polar surface area (TPSA) is 49.8 Å². The average Bonchev–Trinajstić information content (AvgIpc) is 2.42. The summed E-state index contributed by atoms with van der Waals surface area (Å²) < 4.78 is 0. The van der Waals surface area contributed by atoms with Crippen molar-refractivity contribution < 1.29 is 0 Å². The second kappa shape index (κ2) is 7.31. The number of nitrogens with one attached hydrogen (secondary N) is 2. The number of hydrogen-bond donors (Lipinski definition) is 2. The maximum Gasteiger partial charge on any atom is 0.131 e. The molecular formula is C15H26N4. The van der Waals surface area contributed by atoms with E-state index in [1.54, 1.807) is 6.33 Å². The largest absolute Gasteiger partial charge is 0.370 e. The molecule has 1 saturated carbocycles. The molecule has 0 spiro atoms. The lowest BCUT2D eigenvalue weighted by Crippen LogP contribution is -2.16. The maximum atomic E-state index is 4.25. The van der Waals surface area contributed by atoms with Crippen molar-refractivity contribution in [3.05, 3.63) is 12.4 Å². The predicted molar refractivity (Wildman–Crippen MR) is 80.4 cm³/mol. The summed E-state index contributed by atoms with van der Waals surface area (Å²) in [5.41, 5.74) is 0. The summed E-state index contributed by atoms with van der Waals surface area (Å²) in [5, 5.41) is 6.61. The summed E-state index contributed by atoms with van der Waals surface area (Å²) in [6.45, 7) is 6.34. The molecule has 106 valence electrons. The fraction of sp³-hybridized carbons (Fsp3) is 0.733. The van der Waals surface area contributed by atoms with E-state index in [0.29, 0.717) is 0 Å². The van der Waals surface area contributed by atoms with Crippen LogP contribution in [0.3, 0.4) is 0 Å². The third kappa shape index (κ3) is 4.69. The molecule has 2 rings (SSSR count). The summed E-state index contributed by atoms with van der Waals surface area (Å²) in [5.74, 6) is 3.66. The van der Waals surface area contributed by atoms with Crippen LogP contribution in [0.2, 0.25) is 0 Å². The molecule has 0 saturated heterocycles. The Kier molecular flexibility index (Phi) is 5.43. The smallest absolute Gasteiger partial charge is 0.131 e. The standard InChI is InChI=1S/C15H26N4/c1-3-16-14-10-15(19-11-18-14)17-9-8-13-6-4-12(2)5-7-13/h10-13H,3-9H2,1-2H3,(H2,16,17,18,19). The van der Waals surface area contributed by atoms with E-state index in [9.17, 15) is 0 Å². The number of rotatable bonds is 6. The van der Waals surface area contributed by atoms with E-state index in [2.05, 4.69) is 34.4 Å². The van der Waals surface area contributed by atoms with Gasteiger partial charge in [-0.1, -0.05) is 32.6 Å². The number of hydrogen-bond acceptors (Lipinski definition) is 4. The van der Waals surface area contributed by atoms with Gasteiger partial charge in [0, 0.05) is 19.2 Å². The van der Waals surface area contributed by atoms with Crippen molar-refractivity contribution in [3.63, 3.8) is 0 Å². The average molecular weight is 262 g/mol. The predicted octanol–water partition coefficient (Wildman–Crippen LogP) is 3.54. The van der Waals surface area contributed by atoms with Gasteiger partial charge in [-0.2, -0.15) is 0 Å². The monoisotopic (exact) mass is 262 g/mol. The first-order chi connectivity index (χ1) is 9.28. The van der Waals surface area contributed by atoms with Crippen molar-refractivity contribution in [1.82, 2.24) is 9.97 Å². The molecule has 0 atom stereocenters. The summed E-state index contributed by atoms with van der Waals surface area (Å²) in [7, 11) is 0. The first-order valence-corrected chi connectivity index (χ1v) is 7.57. The molecule has 4 nitrogen and oxygen atoms in total. The number of nitrogens with zero attached hydrogens (tertiary/aromatic N) is 2. The lowest BCUT2D eigenvalue weighted by Gasteiger charge is -2.26. The molecule has 1 aliphatic rings. The molecule has 1 heterocycles. The van der Waals surface area contributed by atoms with Crippen LogP contribution >= 0.6 is 0 Å². The van der Waals surface area contributed by atoms with Gasteiger partial charge in [-0.25, -0.2) is 9.97 Å². The quantitative estimate of drug-likeness (QED) is 0.823. The Bertz CT molecular complexity index is 372.